The lowest BCUT2D eigenvalue weighted by Crippen LogP contribution is -2.19. The van der Waals surface area contributed by atoms with Gasteiger partial charge in [-0.25, -0.2) is 0 Å². The Labute approximate surface area is 98.3 Å². The van der Waals surface area contributed by atoms with Crippen molar-refractivity contribution in [3.63, 3.8) is 0 Å². The molecule has 0 heterocycles. The van der Waals surface area contributed by atoms with E-state index in [2.05, 4.69) is 0 Å². The van der Waals surface area contributed by atoms with Crippen molar-refractivity contribution >= 4 is 16.7 Å². The largest absolute Gasteiger partial charge is 0.507 e. The summed E-state index contributed by atoms with van der Waals surface area (Å²) in [5.41, 5.74) is 0.155. The normalized spacial score (nSPS) is 16.9. The molecule has 0 unspecified atom stereocenters. The summed E-state index contributed by atoms with van der Waals surface area (Å²) in [7, 11) is 0. The van der Waals surface area contributed by atoms with Gasteiger partial charge in [0.1, 0.15) is 5.75 Å². The highest BCUT2D eigenvalue weighted by Gasteiger charge is 2.51. The molecule has 3 heteroatoms. The lowest BCUT2D eigenvalue weighted by Gasteiger charge is -2.11. The van der Waals surface area contributed by atoms with E-state index in [1.165, 1.54) is 0 Å². The number of benzene rings is 2. The number of carbonyl (C=O) groups is 1. The summed E-state index contributed by atoms with van der Waals surface area (Å²) < 4.78 is 0. The van der Waals surface area contributed by atoms with E-state index < -0.39 is 11.4 Å². The summed E-state index contributed by atoms with van der Waals surface area (Å²) in [6.07, 6.45) is 1.40. The number of phenols is 1. The maximum absolute atomic E-state index is 11.2. The van der Waals surface area contributed by atoms with Gasteiger partial charge >= 0.3 is 5.97 Å². The van der Waals surface area contributed by atoms with Gasteiger partial charge in [-0.05, 0) is 35.9 Å². The number of carboxylic acids is 1. The number of rotatable bonds is 2. The van der Waals surface area contributed by atoms with Crippen LogP contribution in [0.15, 0.2) is 36.4 Å². The summed E-state index contributed by atoms with van der Waals surface area (Å²) in [5.74, 6) is -0.522. The zero-order valence-corrected chi connectivity index (χ0v) is 9.18. The average Bonchev–Trinajstić information content (AvgIpc) is 3.10. The fraction of sp³-hybridized carbons (Fsp3) is 0.214. The maximum atomic E-state index is 11.2. The Morgan fingerprint density at radius 1 is 1.18 bits per heavy atom. The number of phenolic OH excluding ortho intramolecular Hbond substituents is 1. The van der Waals surface area contributed by atoms with Gasteiger partial charge in [-0.1, -0.05) is 24.3 Å². The van der Waals surface area contributed by atoms with Crippen molar-refractivity contribution in [3.05, 3.63) is 42.0 Å². The van der Waals surface area contributed by atoms with Gasteiger partial charge in [-0.15, -0.1) is 0 Å². The Bertz CT molecular complexity index is 612. The molecule has 0 bridgehead atoms. The first kappa shape index (κ1) is 10.1. The van der Waals surface area contributed by atoms with Crippen LogP contribution in [0.2, 0.25) is 0 Å². The number of aromatic hydroxyl groups is 1. The molecule has 0 amide bonds. The molecule has 1 aliphatic carbocycles. The van der Waals surface area contributed by atoms with Crippen molar-refractivity contribution in [3.8, 4) is 5.75 Å². The highest BCUT2D eigenvalue weighted by Crippen LogP contribution is 2.49. The third-order valence-corrected chi connectivity index (χ3v) is 3.57. The number of carboxylic acid groups (broad SMARTS) is 1. The Morgan fingerprint density at radius 3 is 2.59 bits per heavy atom. The zero-order chi connectivity index (χ0) is 12.0. The first-order chi connectivity index (χ1) is 8.13. The third-order valence-electron chi connectivity index (χ3n) is 3.57. The third kappa shape index (κ3) is 1.39. The lowest BCUT2D eigenvalue weighted by atomic mass is 9.93. The minimum absolute atomic E-state index is 0.231. The monoisotopic (exact) mass is 228 g/mol. The Hall–Kier alpha value is -2.03. The molecule has 86 valence electrons. The summed E-state index contributed by atoms with van der Waals surface area (Å²) in [6, 6.07) is 10.8. The Kier molecular flexibility index (Phi) is 1.93. The van der Waals surface area contributed by atoms with E-state index in [0.29, 0.717) is 12.8 Å². The molecule has 17 heavy (non-hydrogen) atoms. The molecule has 1 saturated carbocycles. The molecule has 0 atom stereocenters. The van der Waals surface area contributed by atoms with Crippen LogP contribution in [0.4, 0.5) is 0 Å². The molecule has 3 rings (SSSR count). The van der Waals surface area contributed by atoms with Crippen LogP contribution in [0.1, 0.15) is 18.4 Å². The van der Waals surface area contributed by atoms with Gasteiger partial charge in [-0.3, -0.25) is 4.79 Å². The maximum Gasteiger partial charge on any atom is 0.314 e. The molecule has 0 aliphatic heterocycles. The smallest absolute Gasteiger partial charge is 0.314 e. The molecule has 1 aliphatic rings. The van der Waals surface area contributed by atoms with Gasteiger partial charge < -0.3 is 10.2 Å². The summed E-state index contributed by atoms with van der Waals surface area (Å²) in [4.78, 5) is 11.2. The molecular weight excluding hydrogens is 216 g/mol. The van der Waals surface area contributed by atoms with Gasteiger partial charge in [0, 0.05) is 5.39 Å². The quantitative estimate of drug-likeness (QED) is 0.830. The second kappa shape index (κ2) is 3.23. The van der Waals surface area contributed by atoms with Crippen molar-refractivity contribution in [1.82, 2.24) is 0 Å². The topological polar surface area (TPSA) is 57.5 Å². The number of aliphatic carboxylic acids is 1. The molecule has 2 N–H and O–H groups in total. The molecule has 2 aromatic carbocycles. The van der Waals surface area contributed by atoms with Crippen LogP contribution in [0.5, 0.6) is 5.75 Å². The van der Waals surface area contributed by atoms with Crippen LogP contribution in [0.25, 0.3) is 10.8 Å². The Balaban J connectivity index is 2.18. The van der Waals surface area contributed by atoms with Crippen LogP contribution in [-0.4, -0.2) is 16.2 Å². The summed E-state index contributed by atoms with van der Waals surface area (Å²) >= 11 is 0. The van der Waals surface area contributed by atoms with Crippen LogP contribution in [0, 0.1) is 0 Å². The zero-order valence-electron chi connectivity index (χ0n) is 9.18. The lowest BCUT2D eigenvalue weighted by molar-refractivity contribution is -0.140. The van der Waals surface area contributed by atoms with Crippen molar-refractivity contribution in [1.29, 1.82) is 0 Å². The van der Waals surface area contributed by atoms with E-state index >= 15 is 0 Å². The van der Waals surface area contributed by atoms with Crippen molar-refractivity contribution in [2.24, 2.45) is 0 Å². The van der Waals surface area contributed by atoms with E-state index in [9.17, 15) is 15.0 Å². The van der Waals surface area contributed by atoms with E-state index in [1.807, 2.05) is 18.2 Å². The van der Waals surface area contributed by atoms with Gasteiger partial charge in [-0.2, -0.15) is 0 Å². The second-order valence-corrected chi connectivity index (χ2v) is 4.60. The Morgan fingerprint density at radius 2 is 1.94 bits per heavy atom. The van der Waals surface area contributed by atoms with Gasteiger partial charge in [0.05, 0.1) is 5.41 Å². The van der Waals surface area contributed by atoms with Gasteiger partial charge in [0.15, 0.2) is 0 Å². The number of fused-ring (bicyclic) bond motifs is 1. The number of hydrogen-bond acceptors (Lipinski definition) is 2. The fourth-order valence-electron chi connectivity index (χ4n) is 2.32. The molecule has 0 spiro atoms. The van der Waals surface area contributed by atoms with Gasteiger partial charge in [0.2, 0.25) is 0 Å². The molecule has 0 saturated heterocycles. The van der Waals surface area contributed by atoms with E-state index in [-0.39, 0.29) is 5.75 Å². The van der Waals surface area contributed by atoms with Crippen molar-refractivity contribution < 1.29 is 15.0 Å². The SMILES string of the molecule is O=C(O)C1(c2ccc3c(O)cccc3c2)CC1. The molecule has 3 nitrogen and oxygen atoms in total. The highest BCUT2D eigenvalue weighted by molar-refractivity contribution is 5.91. The molecule has 0 aromatic heterocycles. The summed E-state index contributed by atoms with van der Waals surface area (Å²) in [6.45, 7) is 0. The van der Waals surface area contributed by atoms with E-state index in [1.54, 1.807) is 18.2 Å². The molecule has 0 radical (unpaired) electrons. The van der Waals surface area contributed by atoms with Crippen molar-refractivity contribution in [2.75, 3.05) is 0 Å². The first-order valence-corrected chi connectivity index (χ1v) is 5.59. The van der Waals surface area contributed by atoms with Crippen LogP contribution in [0.3, 0.4) is 0 Å². The predicted molar refractivity (Wildman–Crippen MR) is 64.2 cm³/mol. The number of hydrogen-bond donors (Lipinski definition) is 2. The fourth-order valence-corrected chi connectivity index (χ4v) is 2.32. The highest BCUT2D eigenvalue weighted by atomic mass is 16.4. The first-order valence-electron chi connectivity index (χ1n) is 5.59. The summed E-state index contributed by atoms with van der Waals surface area (Å²) in [5, 5.41) is 20.6. The minimum Gasteiger partial charge on any atom is -0.507 e. The van der Waals surface area contributed by atoms with Crippen LogP contribution >= 0.6 is 0 Å². The van der Waals surface area contributed by atoms with E-state index in [0.717, 1.165) is 16.3 Å². The molecular formula is C14H12O3. The predicted octanol–water partition coefficient (Wildman–Crippen LogP) is 2.66. The van der Waals surface area contributed by atoms with Crippen molar-refractivity contribution in [2.45, 2.75) is 18.3 Å². The van der Waals surface area contributed by atoms with Crippen LogP contribution in [-0.2, 0) is 10.2 Å². The standard InChI is InChI=1S/C14H12O3/c15-12-3-1-2-9-8-10(4-5-11(9)12)14(6-7-14)13(16)17/h1-5,8,15H,6-7H2,(H,16,17). The van der Waals surface area contributed by atoms with Crippen LogP contribution < -0.4 is 0 Å². The molecule has 1 fully saturated rings. The average molecular weight is 228 g/mol. The van der Waals surface area contributed by atoms with Gasteiger partial charge in [0.25, 0.3) is 0 Å². The second-order valence-electron chi connectivity index (χ2n) is 4.60. The minimum atomic E-state index is -0.753. The molecule has 2 aromatic rings. The van der Waals surface area contributed by atoms with E-state index in [4.69, 9.17) is 0 Å².